The Bertz CT molecular complexity index is 1350. The number of pyridine rings is 1. The Morgan fingerprint density at radius 2 is 1.82 bits per heavy atom. The van der Waals surface area contributed by atoms with Crippen LogP contribution in [0.1, 0.15) is 75.5 Å². The molecule has 1 aliphatic heterocycles. The van der Waals surface area contributed by atoms with Crippen molar-refractivity contribution in [2.45, 2.75) is 78.3 Å². The fraction of sp³-hybridized carbons (Fsp3) is 0.438. The van der Waals surface area contributed by atoms with E-state index in [4.69, 9.17) is 9.47 Å². The first-order valence-corrected chi connectivity index (χ1v) is 13.8. The van der Waals surface area contributed by atoms with Crippen LogP contribution >= 0.6 is 0 Å². The van der Waals surface area contributed by atoms with Gasteiger partial charge in [0.2, 0.25) is 5.88 Å². The van der Waals surface area contributed by atoms with E-state index in [1.54, 1.807) is 18.2 Å². The van der Waals surface area contributed by atoms with E-state index in [1.165, 1.54) is 20.2 Å². The first kappa shape index (κ1) is 29.5. The summed E-state index contributed by atoms with van der Waals surface area (Å²) in [6.45, 7) is 10.7. The molecule has 0 spiro atoms. The summed E-state index contributed by atoms with van der Waals surface area (Å²) in [4.78, 5) is 17.7. The largest absolute Gasteiger partial charge is 0.485 e. The molecule has 3 atom stereocenters. The molecule has 0 radical (unpaired) electrons. The quantitative estimate of drug-likeness (QED) is 0.305. The summed E-state index contributed by atoms with van der Waals surface area (Å²) in [5.74, 6) is -1.42. The monoisotopic (exact) mass is 550 g/mol. The number of carboxylic acids is 1. The van der Waals surface area contributed by atoms with Crippen LogP contribution in [0, 0.1) is 11.7 Å². The van der Waals surface area contributed by atoms with Gasteiger partial charge in [-0.05, 0) is 81.3 Å². The van der Waals surface area contributed by atoms with Crippen LogP contribution in [0.4, 0.5) is 4.39 Å². The highest BCUT2D eigenvalue weighted by atomic mass is 19.1. The zero-order valence-electron chi connectivity index (χ0n) is 24.0. The zero-order chi connectivity index (χ0) is 29.1. The Morgan fingerprint density at radius 1 is 1.10 bits per heavy atom. The molecule has 0 amide bonds. The van der Waals surface area contributed by atoms with Gasteiger partial charge in [0.25, 0.3) is 0 Å². The van der Waals surface area contributed by atoms with E-state index in [0.29, 0.717) is 29.3 Å². The van der Waals surface area contributed by atoms with E-state index in [-0.39, 0.29) is 18.2 Å². The number of benzene rings is 2. The lowest BCUT2D eigenvalue weighted by atomic mass is 9.90. The normalized spacial score (nSPS) is 16.5. The van der Waals surface area contributed by atoms with Gasteiger partial charge >= 0.3 is 5.97 Å². The number of aliphatic hydroxyl groups excluding tert-OH is 1. The molecular formula is C32H39FN2O5. The predicted octanol–water partition coefficient (Wildman–Crippen LogP) is 6.34. The van der Waals surface area contributed by atoms with E-state index in [2.05, 4.69) is 43.6 Å². The number of halogens is 1. The molecule has 3 aromatic rings. The highest BCUT2D eigenvalue weighted by Crippen LogP contribution is 2.39. The summed E-state index contributed by atoms with van der Waals surface area (Å²) in [6.07, 6.45) is 1.35. The van der Waals surface area contributed by atoms with Crippen molar-refractivity contribution in [2.24, 2.45) is 5.92 Å². The standard InChI is InChI=1S/C32H39FN2O5/c1-18(2)35(19(3)4)17-24-13-22(9-11-25(24)26-15-30(39-6)34-16-27(26)33)28-12-10-21-7-8-23(14-29(21)40-28)31(36)20(5)32(37)38/h7-9,11,13-16,18-20,28,31,36H,10,12,17H2,1-6H3,(H,37,38)/t20-,28?,31+/m0/s1. The molecule has 2 N–H and O–H groups in total. The maximum absolute atomic E-state index is 15.0. The second kappa shape index (κ2) is 12.4. The van der Waals surface area contributed by atoms with Gasteiger partial charge in [-0.1, -0.05) is 30.3 Å². The molecule has 0 saturated heterocycles. The van der Waals surface area contributed by atoms with E-state index in [9.17, 15) is 15.0 Å². The Morgan fingerprint density at radius 3 is 2.48 bits per heavy atom. The third-order valence-electron chi connectivity index (χ3n) is 7.75. The number of aliphatic hydroxyl groups is 1. The van der Waals surface area contributed by atoms with Crippen molar-refractivity contribution in [1.82, 2.24) is 9.88 Å². The van der Waals surface area contributed by atoms with Crippen molar-refractivity contribution in [3.05, 3.63) is 76.7 Å². The summed E-state index contributed by atoms with van der Waals surface area (Å²) in [7, 11) is 1.51. The molecule has 1 aliphatic rings. The number of methoxy groups -OCH3 is 1. The number of aryl methyl sites for hydroxylation is 1. The minimum absolute atomic E-state index is 0.243. The van der Waals surface area contributed by atoms with Crippen molar-refractivity contribution in [3.63, 3.8) is 0 Å². The third-order valence-corrected chi connectivity index (χ3v) is 7.75. The van der Waals surface area contributed by atoms with Crippen molar-refractivity contribution in [2.75, 3.05) is 7.11 Å². The molecule has 7 nitrogen and oxygen atoms in total. The number of carbonyl (C=O) groups is 1. The first-order chi connectivity index (χ1) is 19.0. The molecule has 0 saturated carbocycles. The second-order valence-electron chi connectivity index (χ2n) is 11.1. The highest BCUT2D eigenvalue weighted by molar-refractivity contribution is 5.71. The highest BCUT2D eigenvalue weighted by Gasteiger charge is 2.27. The van der Waals surface area contributed by atoms with Gasteiger partial charge in [0.1, 0.15) is 17.7 Å². The maximum atomic E-state index is 15.0. The lowest BCUT2D eigenvalue weighted by Gasteiger charge is -2.32. The van der Waals surface area contributed by atoms with Crippen LogP contribution in [0.2, 0.25) is 0 Å². The number of carboxylic acid groups (broad SMARTS) is 1. The number of hydrogen-bond acceptors (Lipinski definition) is 6. The van der Waals surface area contributed by atoms with Crippen LogP contribution in [0.15, 0.2) is 48.7 Å². The predicted molar refractivity (Wildman–Crippen MR) is 152 cm³/mol. The van der Waals surface area contributed by atoms with Crippen LogP contribution in [0.3, 0.4) is 0 Å². The number of aliphatic carboxylic acids is 1. The number of nitrogens with zero attached hydrogens (tertiary/aromatic N) is 2. The van der Waals surface area contributed by atoms with E-state index in [1.807, 2.05) is 18.2 Å². The molecule has 4 rings (SSSR count). The average molecular weight is 551 g/mol. The lowest BCUT2D eigenvalue weighted by Crippen LogP contribution is -2.36. The zero-order valence-corrected chi connectivity index (χ0v) is 24.0. The molecule has 0 bridgehead atoms. The van der Waals surface area contributed by atoms with E-state index < -0.39 is 23.8 Å². The fourth-order valence-electron chi connectivity index (χ4n) is 5.33. The lowest BCUT2D eigenvalue weighted by molar-refractivity contribution is -0.145. The Hall–Kier alpha value is -3.49. The molecule has 8 heteroatoms. The van der Waals surface area contributed by atoms with Crippen LogP contribution < -0.4 is 9.47 Å². The van der Waals surface area contributed by atoms with Gasteiger partial charge in [0, 0.05) is 30.3 Å². The van der Waals surface area contributed by atoms with Gasteiger partial charge in [0.15, 0.2) is 0 Å². The summed E-state index contributed by atoms with van der Waals surface area (Å²) in [6, 6.07) is 13.6. The van der Waals surface area contributed by atoms with Crippen molar-refractivity contribution >= 4 is 5.97 Å². The number of aromatic nitrogens is 1. The van der Waals surface area contributed by atoms with Gasteiger partial charge in [0.05, 0.1) is 25.3 Å². The topological polar surface area (TPSA) is 92.1 Å². The van der Waals surface area contributed by atoms with Gasteiger partial charge < -0.3 is 19.7 Å². The molecule has 2 heterocycles. The van der Waals surface area contributed by atoms with Crippen LogP contribution in [0.5, 0.6) is 11.6 Å². The minimum atomic E-state index is -1.14. The molecule has 214 valence electrons. The van der Waals surface area contributed by atoms with Crippen molar-refractivity contribution < 1.29 is 28.9 Å². The fourth-order valence-corrected chi connectivity index (χ4v) is 5.33. The molecular weight excluding hydrogens is 511 g/mol. The van der Waals surface area contributed by atoms with Crippen molar-refractivity contribution in [1.29, 1.82) is 0 Å². The molecule has 0 aliphatic carbocycles. The molecule has 1 aromatic heterocycles. The molecule has 1 unspecified atom stereocenters. The average Bonchev–Trinajstić information content (AvgIpc) is 2.94. The maximum Gasteiger partial charge on any atom is 0.309 e. The number of rotatable bonds is 10. The Balaban J connectivity index is 1.71. The summed E-state index contributed by atoms with van der Waals surface area (Å²) < 4.78 is 26.8. The Labute approximate surface area is 235 Å². The van der Waals surface area contributed by atoms with Crippen molar-refractivity contribution in [3.8, 4) is 22.8 Å². The van der Waals surface area contributed by atoms with Gasteiger partial charge in [-0.25, -0.2) is 9.37 Å². The third kappa shape index (κ3) is 6.29. The first-order valence-electron chi connectivity index (χ1n) is 13.8. The number of fused-ring (bicyclic) bond motifs is 1. The van der Waals surface area contributed by atoms with Crippen LogP contribution in [-0.2, 0) is 17.8 Å². The van der Waals surface area contributed by atoms with Gasteiger partial charge in [-0.15, -0.1) is 0 Å². The molecule has 40 heavy (non-hydrogen) atoms. The summed E-state index contributed by atoms with van der Waals surface area (Å²) in [5, 5.41) is 19.9. The van der Waals surface area contributed by atoms with Crippen LogP contribution in [0.25, 0.3) is 11.1 Å². The van der Waals surface area contributed by atoms with E-state index >= 15 is 4.39 Å². The smallest absolute Gasteiger partial charge is 0.309 e. The Kier molecular flexibility index (Phi) is 9.11. The molecule has 2 aromatic carbocycles. The second-order valence-corrected chi connectivity index (χ2v) is 11.1. The molecule has 0 fully saturated rings. The number of ether oxygens (including phenoxy) is 2. The summed E-state index contributed by atoms with van der Waals surface area (Å²) >= 11 is 0. The van der Waals surface area contributed by atoms with Gasteiger partial charge in [-0.3, -0.25) is 9.69 Å². The number of hydrogen-bond donors (Lipinski definition) is 2. The van der Waals surface area contributed by atoms with E-state index in [0.717, 1.165) is 35.1 Å². The van der Waals surface area contributed by atoms with Crippen LogP contribution in [-0.4, -0.2) is 45.3 Å². The minimum Gasteiger partial charge on any atom is -0.485 e. The summed E-state index contributed by atoms with van der Waals surface area (Å²) in [5.41, 5.74) is 4.68. The SMILES string of the molecule is COc1cc(-c2ccc(C3CCc4ccc([C@H](O)[C@H](C)C(=O)O)cc4O3)cc2CN(C(C)C)C(C)C)c(F)cn1. The van der Waals surface area contributed by atoms with Gasteiger partial charge in [-0.2, -0.15) is 0 Å².